The number of halogens is 2. The molecule has 1 amide bonds. The van der Waals surface area contributed by atoms with Crippen molar-refractivity contribution in [2.24, 2.45) is 5.16 Å². The van der Waals surface area contributed by atoms with Crippen LogP contribution < -0.4 is 5.32 Å². The monoisotopic (exact) mass is 300 g/mol. The molecule has 0 bridgehead atoms. The minimum absolute atomic E-state index is 0.284. The third-order valence-electron chi connectivity index (χ3n) is 2.88. The van der Waals surface area contributed by atoms with Gasteiger partial charge < -0.3 is 0 Å². The van der Waals surface area contributed by atoms with Gasteiger partial charge in [0.1, 0.15) is 0 Å². The van der Waals surface area contributed by atoms with Crippen molar-refractivity contribution in [3.63, 3.8) is 0 Å². The molecule has 1 aliphatic rings. The zero-order valence-electron chi connectivity index (χ0n) is 10.3. The lowest BCUT2D eigenvalue weighted by Gasteiger charge is -2.11. The van der Waals surface area contributed by atoms with E-state index in [-0.39, 0.29) is 5.02 Å². The molecule has 102 valence electrons. The van der Waals surface area contributed by atoms with Gasteiger partial charge >= 0.3 is 6.09 Å². The van der Waals surface area contributed by atoms with Crippen LogP contribution in [0, 0.1) is 0 Å². The van der Waals surface area contributed by atoms with Crippen molar-refractivity contribution < 1.29 is 9.63 Å². The van der Waals surface area contributed by atoms with E-state index in [4.69, 9.17) is 28.0 Å². The molecule has 0 saturated heterocycles. The first kappa shape index (κ1) is 14.2. The van der Waals surface area contributed by atoms with Crippen LogP contribution >= 0.6 is 23.2 Å². The fourth-order valence-electron chi connectivity index (χ4n) is 1.89. The Morgan fingerprint density at radius 3 is 2.68 bits per heavy atom. The molecule has 0 aliphatic heterocycles. The number of rotatable bonds is 2. The summed E-state index contributed by atoms with van der Waals surface area (Å²) in [6.07, 6.45) is 4.54. The Labute approximate surface area is 121 Å². The molecule has 0 radical (unpaired) electrons. The third kappa shape index (κ3) is 4.11. The highest BCUT2D eigenvalue weighted by molar-refractivity contribution is 6.43. The summed E-state index contributed by atoms with van der Waals surface area (Å²) in [5.41, 5.74) is 1.33. The molecule has 0 aromatic heterocycles. The summed E-state index contributed by atoms with van der Waals surface area (Å²) >= 11 is 11.8. The minimum atomic E-state index is -0.665. The average molecular weight is 301 g/mol. The quantitative estimate of drug-likeness (QED) is 0.626. The molecule has 4 nitrogen and oxygen atoms in total. The van der Waals surface area contributed by atoms with Crippen LogP contribution in [-0.2, 0) is 4.84 Å². The number of carbonyl (C=O) groups is 1. The van der Waals surface area contributed by atoms with Crippen LogP contribution in [0.15, 0.2) is 23.4 Å². The van der Waals surface area contributed by atoms with Crippen LogP contribution in [0.1, 0.15) is 32.1 Å². The van der Waals surface area contributed by atoms with E-state index in [9.17, 15) is 4.79 Å². The second-order valence-electron chi connectivity index (χ2n) is 4.32. The van der Waals surface area contributed by atoms with E-state index in [2.05, 4.69) is 10.5 Å². The number of hydrogen-bond acceptors (Lipinski definition) is 3. The Morgan fingerprint density at radius 2 is 1.95 bits per heavy atom. The van der Waals surface area contributed by atoms with Crippen molar-refractivity contribution in [3.05, 3.63) is 28.2 Å². The molecule has 0 heterocycles. The van der Waals surface area contributed by atoms with E-state index in [1.54, 1.807) is 18.2 Å². The van der Waals surface area contributed by atoms with Crippen molar-refractivity contribution in [1.29, 1.82) is 0 Å². The number of nitrogens with zero attached hydrogens (tertiary/aromatic N) is 1. The maximum atomic E-state index is 11.6. The summed E-state index contributed by atoms with van der Waals surface area (Å²) in [6.45, 7) is 0. The first-order chi connectivity index (χ1) is 9.16. The second-order valence-corrected chi connectivity index (χ2v) is 5.11. The molecule has 2 rings (SSSR count). The van der Waals surface area contributed by atoms with Crippen molar-refractivity contribution in [3.8, 4) is 0 Å². The van der Waals surface area contributed by atoms with Crippen LogP contribution in [0.2, 0.25) is 10.0 Å². The van der Waals surface area contributed by atoms with Crippen molar-refractivity contribution >= 4 is 40.7 Å². The molecule has 1 aliphatic carbocycles. The zero-order chi connectivity index (χ0) is 13.7. The number of benzene rings is 1. The van der Waals surface area contributed by atoms with Gasteiger partial charge in [-0.1, -0.05) is 40.8 Å². The smallest absolute Gasteiger partial charge is 0.298 e. The van der Waals surface area contributed by atoms with E-state index in [1.165, 1.54) is 6.42 Å². The number of nitrogens with one attached hydrogen (secondary N) is 1. The van der Waals surface area contributed by atoms with Crippen LogP contribution in [0.4, 0.5) is 10.5 Å². The van der Waals surface area contributed by atoms with Crippen molar-refractivity contribution in [1.82, 2.24) is 0 Å². The van der Waals surface area contributed by atoms with Crippen LogP contribution in [0.25, 0.3) is 0 Å². The van der Waals surface area contributed by atoms with Gasteiger partial charge in [0.25, 0.3) is 0 Å². The van der Waals surface area contributed by atoms with Crippen LogP contribution in [0.5, 0.6) is 0 Å². The second kappa shape index (κ2) is 6.78. The number of hydrogen-bond donors (Lipinski definition) is 1. The standard InChI is InChI=1S/C13H14Cl2N2O2/c14-10-7-4-8-11(12(10)15)16-13(18)19-17-9-5-2-1-3-6-9/h4,7-8H,1-3,5-6H2,(H,16,18). The number of carbonyl (C=O) groups excluding carboxylic acids is 1. The van der Waals surface area contributed by atoms with E-state index >= 15 is 0 Å². The van der Waals surface area contributed by atoms with Gasteiger partial charge in [-0.3, -0.25) is 10.2 Å². The van der Waals surface area contributed by atoms with Gasteiger partial charge in [-0.2, -0.15) is 0 Å². The number of amides is 1. The first-order valence-corrected chi connectivity index (χ1v) is 6.90. The highest BCUT2D eigenvalue weighted by atomic mass is 35.5. The Balaban J connectivity index is 1.92. The molecule has 19 heavy (non-hydrogen) atoms. The van der Waals surface area contributed by atoms with E-state index in [1.807, 2.05) is 0 Å². The molecule has 0 spiro atoms. The highest BCUT2D eigenvalue weighted by Gasteiger charge is 2.11. The molecule has 6 heteroatoms. The Morgan fingerprint density at radius 1 is 1.21 bits per heavy atom. The van der Waals surface area contributed by atoms with E-state index < -0.39 is 6.09 Å². The molecule has 0 atom stereocenters. The zero-order valence-corrected chi connectivity index (χ0v) is 11.8. The van der Waals surface area contributed by atoms with Crippen molar-refractivity contribution in [2.75, 3.05) is 5.32 Å². The van der Waals surface area contributed by atoms with Crippen molar-refractivity contribution in [2.45, 2.75) is 32.1 Å². The van der Waals surface area contributed by atoms with Gasteiger partial charge in [0.05, 0.1) is 21.4 Å². The first-order valence-electron chi connectivity index (χ1n) is 6.14. The molecular weight excluding hydrogens is 287 g/mol. The lowest BCUT2D eigenvalue weighted by atomic mass is 9.99. The summed E-state index contributed by atoms with van der Waals surface area (Å²) in [5, 5.41) is 7.02. The predicted molar refractivity (Wildman–Crippen MR) is 77.1 cm³/mol. The molecule has 1 aromatic rings. The van der Waals surface area contributed by atoms with Gasteiger partial charge in [-0.25, -0.2) is 4.79 Å². The fourth-order valence-corrected chi connectivity index (χ4v) is 2.24. The summed E-state index contributed by atoms with van der Waals surface area (Å²) in [7, 11) is 0. The lowest BCUT2D eigenvalue weighted by Crippen LogP contribution is -2.13. The van der Waals surface area contributed by atoms with Gasteiger partial charge in [0.2, 0.25) is 0 Å². The lowest BCUT2D eigenvalue weighted by molar-refractivity contribution is 0.165. The Hall–Kier alpha value is -1.26. The summed E-state index contributed by atoms with van der Waals surface area (Å²) in [4.78, 5) is 16.4. The summed E-state index contributed by atoms with van der Waals surface area (Å²) < 4.78 is 0. The SMILES string of the molecule is O=C(Nc1cccc(Cl)c1Cl)ON=C1CCCCC1. The van der Waals surface area contributed by atoms with Crippen LogP contribution in [0.3, 0.4) is 0 Å². The fraction of sp³-hybridized carbons (Fsp3) is 0.385. The van der Waals surface area contributed by atoms with Gasteiger partial charge in [0.15, 0.2) is 0 Å². The molecule has 1 fully saturated rings. The summed E-state index contributed by atoms with van der Waals surface area (Å²) in [6, 6.07) is 4.97. The molecular formula is C13H14Cl2N2O2. The van der Waals surface area contributed by atoms with Gasteiger partial charge in [-0.15, -0.1) is 0 Å². The molecule has 1 aromatic carbocycles. The Bertz CT molecular complexity index is 495. The Kier molecular flexibility index (Phi) is 5.05. The normalized spacial score (nSPS) is 14.9. The van der Waals surface area contributed by atoms with E-state index in [0.29, 0.717) is 10.7 Å². The third-order valence-corrected chi connectivity index (χ3v) is 3.70. The van der Waals surface area contributed by atoms with Gasteiger partial charge in [0, 0.05) is 0 Å². The average Bonchev–Trinajstić information content (AvgIpc) is 2.43. The number of anilines is 1. The number of oxime groups is 1. The minimum Gasteiger partial charge on any atom is -0.298 e. The highest BCUT2D eigenvalue weighted by Crippen LogP contribution is 2.29. The topological polar surface area (TPSA) is 50.7 Å². The van der Waals surface area contributed by atoms with E-state index in [0.717, 1.165) is 31.4 Å². The van der Waals surface area contributed by atoms with Crippen LogP contribution in [-0.4, -0.2) is 11.8 Å². The molecule has 1 N–H and O–H groups in total. The maximum Gasteiger partial charge on any atom is 0.437 e. The molecule has 0 unspecified atom stereocenters. The predicted octanol–water partition coefficient (Wildman–Crippen LogP) is 4.86. The summed E-state index contributed by atoms with van der Waals surface area (Å²) in [5.74, 6) is 0. The van der Waals surface area contributed by atoms with Gasteiger partial charge in [-0.05, 0) is 37.8 Å². The maximum absolute atomic E-state index is 11.6. The largest absolute Gasteiger partial charge is 0.437 e. The molecule has 1 saturated carbocycles.